The second kappa shape index (κ2) is 8.37. The highest BCUT2D eigenvalue weighted by Crippen LogP contribution is 2.26. The van der Waals surface area contributed by atoms with Gasteiger partial charge in [-0.1, -0.05) is 18.2 Å². The van der Waals surface area contributed by atoms with Crippen molar-refractivity contribution in [2.24, 2.45) is 0 Å². The Bertz CT molecular complexity index is 1130. The largest absolute Gasteiger partial charge is 0.439 e. The summed E-state index contributed by atoms with van der Waals surface area (Å²) >= 11 is 0. The normalized spacial score (nSPS) is 15.2. The molecule has 0 N–H and O–H groups in total. The molecule has 1 saturated heterocycles. The Balaban J connectivity index is 1.44. The molecule has 0 atom stereocenters. The number of hydrogen-bond donors (Lipinski definition) is 0. The van der Waals surface area contributed by atoms with Crippen LogP contribution < -0.4 is 9.64 Å². The number of anilines is 1. The topological polar surface area (TPSA) is 75.6 Å². The van der Waals surface area contributed by atoms with Crippen molar-refractivity contribution in [2.75, 3.05) is 31.1 Å². The van der Waals surface area contributed by atoms with Crippen LogP contribution in [0.5, 0.6) is 11.6 Å². The first kappa shape index (κ1) is 20.2. The number of halogens is 1. The Kier molecular flexibility index (Phi) is 5.65. The summed E-state index contributed by atoms with van der Waals surface area (Å²) in [4.78, 5) is 10.7. The average molecular weight is 428 g/mol. The van der Waals surface area contributed by atoms with Crippen molar-refractivity contribution < 1.29 is 17.5 Å². The van der Waals surface area contributed by atoms with Gasteiger partial charge in [0.1, 0.15) is 23.7 Å². The van der Waals surface area contributed by atoms with Crippen molar-refractivity contribution in [2.45, 2.75) is 11.8 Å². The molecule has 0 aliphatic carbocycles. The Morgan fingerprint density at radius 2 is 1.70 bits per heavy atom. The first-order chi connectivity index (χ1) is 14.4. The van der Waals surface area contributed by atoms with Gasteiger partial charge in [0.15, 0.2) is 0 Å². The summed E-state index contributed by atoms with van der Waals surface area (Å²) in [5.74, 6) is 1.18. The van der Waals surface area contributed by atoms with E-state index in [-0.39, 0.29) is 5.82 Å². The van der Waals surface area contributed by atoms with Gasteiger partial charge in [-0.15, -0.1) is 0 Å². The Morgan fingerprint density at radius 1 is 0.967 bits per heavy atom. The van der Waals surface area contributed by atoms with E-state index in [0.717, 1.165) is 0 Å². The number of piperazine rings is 1. The summed E-state index contributed by atoms with van der Waals surface area (Å²) < 4.78 is 46.1. The van der Waals surface area contributed by atoms with Crippen molar-refractivity contribution in [3.63, 3.8) is 0 Å². The number of aryl methyl sites for hydroxylation is 1. The molecule has 4 rings (SSSR count). The molecular formula is C21H21FN4O3S. The van der Waals surface area contributed by atoms with E-state index in [4.69, 9.17) is 4.74 Å². The van der Waals surface area contributed by atoms with Gasteiger partial charge in [0, 0.05) is 32.2 Å². The van der Waals surface area contributed by atoms with E-state index in [0.29, 0.717) is 54.1 Å². The summed E-state index contributed by atoms with van der Waals surface area (Å²) in [7, 11) is -3.51. The van der Waals surface area contributed by atoms with Crippen LogP contribution in [0.15, 0.2) is 65.8 Å². The predicted octanol–water partition coefficient (Wildman–Crippen LogP) is 3.23. The smallest absolute Gasteiger partial charge is 0.243 e. The molecule has 9 heteroatoms. The number of rotatable bonds is 5. The lowest BCUT2D eigenvalue weighted by atomic mass is 10.2. The molecule has 0 unspecified atom stereocenters. The third-order valence-corrected chi connectivity index (χ3v) is 6.84. The van der Waals surface area contributed by atoms with Crippen molar-refractivity contribution in [3.8, 4) is 11.6 Å². The molecule has 156 valence electrons. The van der Waals surface area contributed by atoms with Gasteiger partial charge in [-0.2, -0.15) is 4.31 Å². The highest BCUT2D eigenvalue weighted by atomic mass is 32.2. The molecule has 2 heterocycles. The Labute approximate surface area is 174 Å². The Hall–Kier alpha value is -3.04. The van der Waals surface area contributed by atoms with Crippen molar-refractivity contribution in [1.29, 1.82) is 0 Å². The summed E-state index contributed by atoms with van der Waals surface area (Å²) in [6.07, 6.45) is 1.40. The molecule has 1 aliphatic rings. The van der Waals surface area contributed by atoms with Crippen LogP contribution in [0.4, 0.5) is 10.2 Å². The van der Waals surface area contributed by atoms with E-state index in [1.165, 1.54) is 22.8 Å². The zero-order chi connectivity index (χ0) is 21.1. The SMILES string of the molecule is Cc1cc(F)ccc1Oc1cc(N2CCN(S(=O)(=O)c3ccccc3)CC2)ncn1. The van der Waals surface area contributed by atoms with Gasteiger partial charge in [-0.05, 0) is 42.8 Å². The number of hydrogen-bond acceptors (Lipinski definition) is 6. The maximum Gasteiger partial charge on any atom is 0.243 e. The van der Waals surface area contributed by atoms with Crippen LogP contribution >= 0.6 is 0 Å². The van der Waals surface area contributed by atoms with Gasteiger partial charge in [0.05, 0.1) is 4.90 Å². The van der Waals surface area contributed by atoms with Crippen LogP contribution in [0, 0.1) is 12.7 Å². The lowest BCUT2D eigenvalue weighted by molar-refractivity contribution is 0.383. The van der Waals surface area contributed by atoms with Crippen LogP contribution in [-0.2, 0) is 10.0 Å². The van der Waals surface area contributed by atoms with Crippen molar-refractivity contribution in [1.82, 2.24) is 14.3 Å². The zero-order valence-corrected chi connectivity index (χ0v) is 17.2. The van der Waals surface area contributed by atoms with Crippen LogP contribution in [0.1, 0.15) is 5.56 Å². The zero-order valence-electron chi connectivity index (χ0n) is 16.4. The van der Waals surface area contributed by atoms with E-state index in [2.05, 4.69) is 9.97 Å². The standard InChI is InChI=1S/C21H21FN4O3S/c1-16-13-17(22)7-8-19(16)29-21-14-20(23-15-24-21)25-9-11-26(12-10-25)30(27,28)18-5-3-2-4-6-18/h2-8,13-15H,9-12H2,1H3. The molecular weight excluding hydrogens is 407 g/mol. The molecule has 0 bridgehead atoms. The maximum atomic E-state index is 13.3. The summed E-state index contributed by atoms with van der Waals surface area (Å²) in [5, 5.41) is 0. The highest BCUT2D eigenvalue weighted by molar-refractivity contribution is 7.89. The fourth-order valence-electron chi connectivity index (χ4n) is 3.30. The van der Waals surface area contributed by atoms with Gasteiger partial charge >= 0.3 is 0 Å². The van der Waals surface area contributed by atoms with Crippen molar-refractivity contribution in [3.05, 3.63) is 72.3 Å². The van der Waals surface area contributed by atoms with Gasteiger partial charge < -0.3 is 9.64 Å². The first-order valence-electron chi connectivity index (χ1n) is 9.50. The highest BCUT2D eigenvalue weighted by Gasteiger charge is 2.28. The quantitative estimate of drug-likeness (QED) is 0.621. The van der Waals surface area contributed by atoms with Crippen LogP contribution in [0.2, 0.25) is 0 Å². The second-order valence-electron chi connectivity index (χ2n) is 6.93. The maximum absolute atomic E-state index is 13.3. The molecule has 0 radical (unpaired) electrons. The third-order valence-electron chi connectivity index (χ3n) is 4.92. The molecule has 3 aromatic rings. The van der Waals surface area contributed by atoms with Gasteiger partial charge in [0.2, 0.25) is 15.9 Å². The van der Waals surface area contributed by atoms with Crippen LogP contribution in [0.3, 0.4) is 0 Å². The molecule has 1 fully saturated rings. The summed E-state index contributed by atoms with van der Waals surface area (Å²) in [6, 6.07) is 14.4. The number of ether oxygens (including phenoxy) is 1. The first-order valence-corrected chi connectivity index (χ1v) is 10.9. The number of benzene rings is 2. The lowest BCUT2D eigenvalue weighted by Gasteiger charge is -2.34. The van der Waals surface area contributed by atoms with Crippen LogP contribution in [0.25, 0.3) is 0 Å². The average Bonchev–Trinajstić information content (AvgIpc) is 2.77. The minimum Gasteiger partial charge on any atom is -0.439 e. The fourth-order valence-corrected chi connectivity index (χ4v) is 4.74. The second-order valence-corrected chi connectivity index (χ2v) is 8.87. The molecule has 0 spiro atoms. The number of sulfonamides is 1. The number of nitrogens with zero attached hydrogens (tertiary/aromatic N) is 4. The molecule has 7 nitrogen and oxygen atoms in total. The predicted molar refractivity (Wildman–Crippen MR) is 111 cm³/mol. The molecule has 1 aromatic heterocycles. The van der Waals surface area contributed by atoms with E-state index in [1.807, 2.05) is 4.90 Å². The van der Waals surface area contributed by atoms with E-state index < -0.39 is 10.0 Å². The van der Waals surface area contributed by atoms with Crippen LogP contribution in [-0.4, -0.2) is 48.9 Å². The lowest BCUT2D eigenvalue weighted by Crippen LogP contribution is -2.48. The van der Waals surface area contributed by atoms with Gasteiger partial charge in [0.25, 0.3) is 0 Å². The number of aromatic nitrogens is 2. The molecule has 0 amide bonds. The third kappa shape index (κ3) is 4.27. The summed E-state index contributed by atoms with van der Waals surface area (Å²) in [6.45, 7) is 3.46. The molecule has 0 saturated carbocycles. The van der Waals surface area contributed by atoms with Gasteiger partial charge in [-0.25, -0.2) is 22.8 Å². The fraction of sp³-hybridized carbons (Fsp3) is 0.238. The van der Waals surface area contributed by atoms with E-state index >= 15 is 0 Å². The monoisotopic (exact) mass is 428 g/mol. The molecule has 1 aliphatic heterocycles. The minimum absolute atomic E-state index is 0.297. The molecule has 30 heavy (non-hydrogen) atoms. The Morgan fingerprint density at radius 3 is 2.40 bits per heavy atom. The van der Waals surface area contributed by atoms with Crippen molar-refractivity contribution >= 4 is 15.8 Å². The summed E-state index contributed by atoms with van der Waals surface area (Å²) in [5.41, 5.74) is 0.662. The van der Waals surface area contributed by atoms with Gasteiger partial charge in [-0.3, -0.25) is 0 Å². The molecule has 2 aromatic carbocycles. The van der Waals surface area contributed by atoms with E-state index in [1.54, 1.807) is 49.4 Å². The van der Waals surface area contributed by atoms with E-state index in [9.17, 15) is 12.8 Å². The minimum atomic E-state index is -3.51.